The molecule has 0 aliphatic carbocycles. The molecule has 0 bridgehead atoms. The van der Waals surface area contributed by atoms with Crippen molar-refractivity contribution in [3.63, 3.8) is 0 Å². The number of nitrogens with zero attached hydrogens (tertiary/aromatic N) is 2. The van der Waals surface area contributed by atoms with Gasteiger partial charge in [0.05, 0.1) is 0 Å². The highest BCUT2D eigenvalue weighted by Gasteiger charge is 2.22. The summed E-state index contributed by atoms with van der Waals surface area (Å²) in [5, 5.41) is 9.37. The lowest BCUT2D eigenvalue weighted by Gasteiger charge is -2.29. The van der Waals surface area contributed by atoms with Crippen molar-refractivity contribution in [1.29, 1.82) is 0 Å². The lowest BCUT2D eigenvalue weighted by atomic mass is 9.95. The summed E-state index contributed by atoms with van der Waals surface area (Å²) in [5.74, 6) is 0. The molecule has 0 unspecified atom stereocenters. The summed E-state index contributed by atoms with van der Waals surface area (Å²) < 4.78 is 13.6. The Morgan fingerprint density at radius 1 is 0.435 bits per heavy atom. The van der Waals surface area contributed by atoms with E-state index in [1.54, 1.807) is 0 Å². The Morgan fingerprint density at radius 2 is 1.00 bits per heavy atom. The van der Waals surface area contributed by atoms with Crippen LogP contribution in [0.1, 0.15) is 38.5 Å². The summed E-state index contributed by atoms with van der Waals surface area (Å²) in [7, 11) is 0. The van der Waals surface area contributed by atoms with Gasteiger partial charge >= 0.3 is 0 Å². The Balaban J connectivity index is 1.21. The molecule has 0 atom stereocenters. The molecule has 0 spiro atoms. The molecule has 46 heavy (non-hydrogen) atoms. The predicted molar refractivity (Wildman–Crippen MR) is 194 cm³/mol. The number of fused-ring (bicyclic) bond motifs is 9. The zero-order valence-corrected chi connectivity index (χ0v) is 26.0. The third-order valence-corrected chi connectivity index (χ3v) is 10.6. The molecule has 0 radical (unpaired) electrons. The van der Waals surface area contributed by atoms with Gasteiger partial charge in [0, 0.05) is 59.1 Å². The monoisotopic (exact) mass is 600 g/mol. The molecule has 0 saturated carbocycles. The van der Waals surface area contributed by atoms with Gasteiger partial charge in [-0.2, -0.15) is 0 Å². The first kappa shape index (κ1) is 26.3. The van der Waals surface area contributed by atoms with Crippen LogP contribution in [0.5, 0.6) is 0 Å². The maximum atomic E-state index is 6.83. The van der Waals surface area contributed by atoms with Crippen LogP contribution in [0.4, 0.5) is 11.4 Å². The van der Waals surface area contributed by atoms with Crippen molar-refractivity contribution in [1.82, 2.24) is 0 Å². The zero-order valence-electron chi connectivity index (χ0n) is 26.0. The third kappa shape index (κ3) is 4.12. The quantitative estimate of drug-likeness (QED) is 0.202. The number of hydrogen-bond acceptors (Lipinski definition) is 4. The maximum absolute atomic E-state index is 6.83. The van der Waals surface area contributed by atoms with Crippen LogP contribution < -0.4 is 9.80 Å². The first-order chi connectivity index (χ1) is 22.8. The molecule has 6 aromatic carbocycles. The molecule has 226 valence electrons. The van der Waals surface area contributed by atoms with E-state index < -0.39 is 0 Å². The van der Waals surface area contributed by atoms with Crippen LogP contribution in [0.3, 0.4) is 0 Å². The number of benzene rings is 6. The molecule has 4 nitrogen and oxygen atoms in total. The van der Waals surface area contributed by atoms with Crippen molar-refractivity contribution in [2.24, 2.45) is 0 Å². The predicted octanol–water partition coefficient (Wildman–Crippen LogP) is 11.4. The topological polar surface area (TPSA) is 32.8 Å². The van der Waals surface area contributed by atoms with Crippen LogP contribution in [0, 0.1) is 0 Å². The molecule has 8 aromatic rings. The Bertz CT molecular complexity index is 2440. The fourth-order valence-corrected chi connectivity index (χ4v) is 8.17. The first-order valence-electron chi connectivity index (χ1n) is 17.1. The van der Waals surface area contributed by atoms with E-state index in [1.807, 2.05) is 0 Å². The van der Waals surface area contributed by atoms with Crippen LogP contribution in [-0.4, -0.2) is 26.2 Å². The largest absolute Gasteiger partial charge is 0.452 e. The lowest BCUT2D eigenvalue weighted by Crippen LogP contribution is -2.29. The fraction of sp³-hybridized carbons (Fsp3) is 0.238. The summed E-state index contributed by atoms with van der Waals surface area (Å²) in [6, 6.07) is 35.9. The number of rotatable bonds is 3. The minimum Gasteiger partial charge on any atom is -0.452 e. The summed E-state index contributed by atoms with van der Waals surface area (Å²) in [6.45, 7) is 4.55. The number of furan rings is 2. The van der Waals surface area contributed by atoms with Crippen molar-refractivity contribution in [3.8, 4) is 11.1 Å². The maximum Gasteiger partial charge on any atom is 0.179 e. The van der Waals surface area contributed by atoms with Crippen LogP contribution in [0.15, 0.2) is 106 Å². The second-order valence-corrected chi connectivity index (χ2v) is 13.4. The second-order valence-electron chi connectivity index (χ2n) is 13.4. The van der Waals surface area contributed by atoms with Gasteiger partial charge in [-0.15, -0.1) is 0 Å². The van der Waals surface area contributed by atoms with Crippen LogP contribution in [0.2, 0.25) is 0 Å². The van der Waals surface area contributed by atoms with Crippen LogP contribution >= 0.6 is 0 Å². The van der Waals surface area contributed by atoms with E-state index >= 15 is 0 Å². The highest BCUT2D eigenvalue weighted by Crippen LogP contribution is 2.46. The minimum absolute atomic E-state index is 0.825. The van der Waals surface area contributed by atoms with Gasteiger partial charge in [-0.05, 0) is 126 Å². The van der Waals surface area contributed by atoms with Crippen molar-refractivity contribution in [2.75, 3.05) is 36.0 Å². The Hall–Kier alpha value is -4.96. The van der Waals surface area contributed by atoms with E-state index in [0.29, 0.717) is 0 Å². The highest BCUT2D eigenvalue weighted by molar-refractivity contribution is 6.25. The summed E-state index contributed by atoms with van der Waals surface area (Å²) in [4.78, 5) is 5.05. The molecule has 4 heterocycles. The molecule has 10 rings (SSSR count). The normalized spacial score (nSPS) is 16.2. The smallest absolute Gasteiger partial charge is 0.179 e. The van der Waals surface area contributed by atoms with Gasteiger partial charge in [0.2, 0.25) is 0 Å². The summed E-state index contributed by atoms with van der Waals surface area (Å²) >= 11 is 0. The van der Waals surface area contributed by atoms with Gasteiger partial charge < -0.3 is 18.6 Å². The molecule has 0 amide bonds. The second kappa shape index (κ2) is 10.3. The molecule has 2 aliphatic rings. The highest BCUT2D eigenvalue weighted by atomic mass is 16.4. The molecule has 4 heteroatoms. The molecule has 2 saturated heterocycles. The number of hydrogen-bond donors (Lipinski definition) is 0. The van der Waals surface area contributed by atoms with Gasteiger partial charge in [0.15, 0.2) is 11.2 Å². The Kier molecular flexibility index (Phi) is 5.87. The van der Waals surface area contributed by atoms with Crippen molar-refractivity contribution in [2.45, 2.75) is 38.5 Å². The van der Waals surface area contributed by atoms with Crippen LogP contribution in [-0.2, 0) is 0 Å². The molecule has 0 N–H and O–H groups in total. The van der Waals surface area contributed by atoms with Gasteiger partial charge in [-0.3, -0.25) is 0 Å². The van der Waals surface area contributed by atoms with Gasteiger partial charge in [0.1, 0.15) is 11.2 Å². The number of anilines is 2. The van der Waals surface area contributed by atoms with Crippen molar-refractivity contribution < 1.29 is 8.83 Å². The molecule has 2 aromatic heterocycles. The van der Waals surface area contributed by atoms with E-state index in [1.165, 1.54) is 82.6 Å². The van der Waals surface area contributed by atoms with E-state index in [-0.39, 0.29) is 0 Å². The molecule has 2 fully saturated rings. The average Bonchev–Trinajstić information content (AvgIpc) is 3.67. The molecule has 2 aliphatic heterocycles. The number of piperidine rings is 2. The van der Waals surface area contributed by atoms with E-state index in [4.69, 9.17) is 8.83 Å². The van der Waals surface area contributed by atoms with Crippen LogP contribution in [0.25, 0.3) is 76.5 Å². The third-order valence-electron chi connectivity index (χ3n) is 10.6. The SMILES string of the molecule is c1ccc(-c2cc3c4cc5ccc(N6CCCCC6)cc5cc4oc3c3oc4cc5cc(N6CCCCC6)ccc5cc4c23)cc1. The minimum atomic E-state index is 0.825. The average molecular weight is 601 g/mol. The van der Waals surface area contributed by atoms with Crippen molar-refractivity contribution >= 4 is 76.8 Å². The first-order valence-corrected chi connectivity index (χ1v) is 17.1. The van der Waals surface area contributed by atoms with E-state index in [2.05, 4.69) is 107 Å². The van der Waals surface area contributed by atoms with Gasteiger partial charge in [-0.25, -0.2) is 0 Å². The Labute approximate surface area is 267 Å². The van der Waals surface area contributed by atoms with E-state index in [9.17, 15) is 0 Å². The van der Waals surface area contributed by atoms with Gasteiger partial charge in [-0.1, -0.05) is 42.5 Å². The fourth-order valence-electron chi connectivity index (χ4n) is 8.17. The van der Waals surface area contributed by atoms with Gasteiger partial charge in [0.25, 0.3) is 0 Å². The van der Waals surface area contributed by atoms with Crippen molar-refractivity contribution in [3.05, 3.63) is 97.1 Å². The molecular weight excluding hydrogens is 564 g/mol. The zero-order chi connectivity index (χ0) is 30.2. The lowest BCUT2D eigenvalue weighted by molar-refractivity contribution is 0.578. The van der Waals surface area contributed by atoms with E-state index in [0.717, 1.165) is 70.1 Å². The summed E-state index contributed by atoms with van der Waals surface area (Å²) in [5.41, 5.74) is 8.43. The molecular formula is C42H36N2O2. The summed E-state index contributed by atoms with van der Waals surface area (Å²) in [6.07, 6.45) is 7.75. The standard InChI is InChI=1S/C42H36N2O2/c1-4-10-27(11-5-1)34-26-36-35-22-28-12-14-32(43-16-6-2-7-17-43)20-30(28)24-38(35)45-41(36)42-40(34)37-23-29-13-15-33(44-18-8-3-9-19-44)21-31(29)25-39(37)46-42/h1,4-5,10-15,20-26H,2-3,6-9,16-19H2. The Morgan fingerprint density at radius 3 is 1.63 bits per heavy atom.